The van der Waals surface area contributed by atoms with E-state index in [4.69, 9.17) is 0 Å². The van der Waals surface area contributed by atoms with Crippen molar-refractivity contribution in [1.82, 2.24) is 9.97 Å². The SMILES string of the molecule is CCN(CC)c1ccc(Nc2ccnc(N(C)Cc3ccccc3)n2)c(C)c1. The molecule has 1 heterocycles. The Bertz CT molecular complexity index is 891. The molecular weight excluding hydrogens is 346 g/mol. The van der Waals surface area contributed by atoms with E-state index in [-0.39, 0.29) is 0 Å². The number of hydrogen-bond acceptors (Lipinski definition) is 5. The summed E-state index contributed by atoms with van der Waals surface area (Å²) in [6.45, 7) is 9.26. The molecule has 0 aliphatic heterocycles. The van der Waals surface area contributed by atoms with Crippen LogP contribution in [0.15, 0.2) is 60.8 Å². The standard InChI is InChI=1S/C23H29N5/c1-5-28(6-2)20-12-13-21(18(3)16-20)25-22-14-15-24-23(26-22)27(4)17-19-10-8-7-9-11-19/h7-16H,5-6,17H2,1-4H3,(H,24,25,26). The molecule has 1 aromatic heterocycles. The minimum absolute atomic E-state index is 0.700. The molecule has 1 N–H and O–H groups in total. The quantitative estimate of drug-likeness (QED) is 0.599. The van der Waals surface area contributed by atoms with Gasteiger partial charge in [-0.1, -0.05) is 30.3 Å². The van der Waals surface area contributed by atoms with Gasteiger partial charge in [0.15, 0.2) is 0 Å². The van der Waals surface area contributed by atoms with Gasteiger partial charge in [0.2, 0.25) is 5.95 Å². The van der Waals surface area contributed by atoms with Gasteiger partial charge in [-0.25, -0.2) is 4.98 Å². The van der Waals surface area contributed by atoms with Gasteiger partial charge in [0.25, 0.3) is 0 Å². The zero-order chi connectivity index (χ0) is 19.9. The molecule has 0 bridgehead atoms. The summed E-state index contributed by atoms with van der Waals surface area (Å²) in [7, 11) is 2.01. The molecule has 0 saturated carbocycles. The number of benzene rings is 2. The lowest BCUT2D eigenvalue weighted by molar-refractivity contribution is 0.865. The van der Waals surface area contributed by atoms with Gasteiger partial charge < -0.3 is 15.1 Å². The Kier molecular flexibility index (Phi) is 6.48. The van der Waals surface area contributed by atoms with E-state index in [0.29, 0.717) is 5.95 Å². The third-order valence-electron chi connectivity index (χ3n) is 4.85. The van der Waals surface area contributed by atoms with E-state index in [1.807, 2.05) is 31.3 Å². The number of aryl methyl sites for hydroxylation is 1. The maximum atomic E-state index is 4.69. The Hall–Kier alpha value is -3.08. The average Bonchev–Trinajstić information content (AvgIpc) is 2.72. The first-order chi connectivity index (χ1) is 13.6. The molecular formula is C23H29N5. The molecule has 0 unspecified atom stereocenters. The lowest BCUT2D eigenvalue weighted by Gasteiger charge is -2.22. The maximum Gasteiger partial charge on any atom is 0.227 e. The molecule has 0 radical (unpaired) electrons. The molecule has 0 aliphatic carbocycles. The van der Waals surface area contributed by atoms with Gasteiger partial charge in [0.05, 0.1) is 0 Å². The van der Waals surface area contributed by atoms with Gasteiger partial charge >= 0.3 is 0 Å². The van der Waals surface area contributed by atoms with Crippen molar-refractivity contribution in [3.63, 3.8) is 0 Å². The minimum atomic E-state index is 0.700. The number of anilines is 4. The Balaban J connectivity index is 1.74. The fourth-order valence-electron chi connectivity index (χ4n) is 3.24. The molecule has 3 rings (SSSR count). The van der Waals surface area contributed by atoms with Crippen molar-refractivity contribution in [3.05, 3.63) is 71.9 Å². The summed E-state index contributed by atoms with van der Waals surface area (Å²) in [6.07, 6.45) is 1.80. The molecule has 5 heteroatoms. The van der Waals surface area contributed by atoms with Gasteiger partial charge in [-0.3, -0.25) is 0 Å². The zero-order valence-corrected chi connectivity index (χ0v) is 17.2. The van der Waals surface area contributed by atoms with E-state index >= 15 is 0 Å². The summed E-state index contributed by atoms with van der Waals surface area (Å²) in [5.74, 6) is 1.50. The van der Waals surface area contributed by atoms with Crippen molar-refractivity contribution in [3.8, 4) is 0 Å². The number of aromatic nitrogens is 2. The highest BCUT2D eigenvalue weighted by atomic mass is 15.2. The second-order valence-electron chi connectivity index (χ2n) is 6.88. The van der Waals surface area contributed by atoms with Gasteiger partial charge in [0, 0.05) is 44.3 Å². The van der Waals surface area contributed by atoms with Crippen molar-refractivity contribution < 1.29 is 0 Å². The van der Waals surface area contributed by atoms with Crippen LogP contribution in [-0.4, -0.2) is 30.1 Å². The maximum absolute atomic E-state index is 4.69. The van der Waals surface area contributed by atoms with Crippen LogP contribution in [0.1, 0.15) is 25.0 Å². The molecule has 28 heavy (non-hydrogen) atoms. The van der Waals surface area contributed by atoms with Crippen molar-refractivity contribution in [2.45, 2.75) is 27.3 Å². The molecule has 146 valence electrons. The van der Waals surface area contributed by atoms with Gasteiger partial charge in [-0.15, -0.1) is 0 Å². The highest BCUT2D eigenvalue weighted by molar-refractivity contribution is 5.65. The van der Waals surface area contributed by atoms with Crippen LogP contribution < -0.4 is 15.1 Å². The molecule has 0 fully saturated rings. The van der Waals surface area contributed by atoms with E-state index in [0.717, 1.165) is 31.1 Å². The van der Waals surface area contributed by atoms with Crippen LogP contribution in [-0.2, 0) is 6.54 Å². The van der Waals surface area contributed by atoms with E-state index in [9.17, 15) is 0 Å². The fourth-order valence-corrected chi connectivity index (χ4v) is 3.24. The summed E-state index contributed by atoms with van der Waals surface area (Å²) in [5, 5.41) is 3.44. The van der Waals surface area contributed by atoms with Crippen molar-refractivity contribution in [2.75, 3.05) is 35.3 Å². The number of nitrogens with zero attached hydrogens (tertiary/aromatic N) is 4. The summed E-state index contributed by atoms with van der Waals surface area (Å²) >= 11 is 0. The first-order valence-corrected chi connectivity index (χ1v) is 9.81. The molecule has 0 amide bonds. The molecule has 0 atom stereocenters. The van der Waals surface area contributed by atoms with Crippen LogP contribution in [0.5, 0.6) is 0 Å². The Labute approximate surface area is 168 Å². The molecule has 0 aliphatic rings. The number of nitrogens with one attached hydrogen (secondary N) is 1. The van der Waals surface area contributed by atoms with E-state index < -0.39 is 0 Å². The Morgan fingerprint density at radius 2 is 1.71 bits per heavy atom. The average molecular weight is 376 g/mol. The molecule has 0 spiro atoms. The van der Waals surface area contributed by atoms with E-state index in [1.54, 1.807) is 6.20 Å². The second kappa shape index (κ2) is 9.22. The van der Waals surface area contributed by atoms with Gasteiger partial charge in [0.1, 0.15) is 5.82 Å². The topological polar surface area (TPSA) is 44.3 Å². The predicted molar refractivity (Wildman–Crippen MR) is 119 cm³/mol. The van der Waals surface area contributed by atoms with Crippen molar-refractivity contribution >= 4 is 23.1 Å². The van der Waals surface area contributed by atoms with Gasteiger partial charge in [-0.2, -0.15) is 4.98 Å². The lowest BCUT2D eigenvalue weighted by Crippen LogP contribution is -2.21. The number of rotatable bonds is 8. The summed E-state index contributed by atoms with van der Waals surface area (Å²) in [6, 6.07) is 18.7. The summed E-state index contributed by atoms with van der Waals surface area (Å²) in [5.41, 5.74) is 4.74. The van der Waals surface area contributed by atoms with Gasteiger partial charge in [-0.05, 0) is 56.2 Å². The van der Waals surface area contributed by atoms with Crippen molar-refractivity contribution in [1.29, 1.82) is 0 Å². The first kappa shape index (κ1) is 19.7. The van der Waals surface area contributed by atoms with Crippen molar-refractivity contribution in [2.24, 2.45) is 0 Å². The Morgan fingerprint density at radius 3 is 2.39 bits per heavy atom. The Morgan fingerprint density at radius 1 is 0.964 bits per heavy atom. The third kappa shape index (κ3) is 4.80. The second-order valence-corrected chi connectivity index (χ2v) is 6.88. The smallest absolute Gasteiger partial charge is 0.227 e. The van der Waals surface area contributed by atoms with Crippen LogP contribution in [0.3, 0.4) is 0 Å². The first-order valence-electron chi connectivity index (χ1n) is 9.81. The largest absolute Gasteiger partial charge is 0.372 e. The third-order valence-corrected chi connectivity index (χ3v) is 4.85. The molecule has 3 aromatic rings. The fraction of sp³-hybridized carbons (Fsp3) is 0.304. The van der Waals surface area contributed by atoms with E-state index in [1.165, 1.54) is 16.8 Å². The summed E-state index contributed by atoms with van der Waals surface area (Å²) in [4.78, 5) is 13.5. The lowest BCUT2D eigenvalue weighted by atomic mass is 10.1. The monoisotopic (exact) mass is 375 g/mol. The van der Waals surface area contributed by atoms with Crippen LogP contribution in [0, 0.1) is 6.92 Å². The van der Waals surface area contributed by atoms with Crippen LogP contribution in [0.25, 0.3) is 0 Å². The highest BCUT2D eigenvalue weighted by Crippen LogP contribution is 2.25. The van der Waals surface area contributed by atoms with Crippen LogP contribution >= 0.6 is 0 Å². The molecule has 5 nitrogen and oxygen atoms in total. The normalized spacial score (nSPS) is 10.6. The minimum Gasteiger partial charge on any atom is -0.372 e. The molecule has 0 saturated heterocycles. The molecule has 2 aromatic carbocycles. The van der Waals surface area contributed by atoms with Crippen LogP contribution in [0.2, 0.25) is 0 Å². The van der Waals surface area contributed by atoms with Crippen LogP contribution in [0.4, 0.5) is 23.1 Å². The van der Waals surface area contributed by atoms with E-state index in [2.05, 4.69) is 76.2 Å². The predicted octanol–water partition coefficient (Wildman–Crippen LogP) is 5.01. The summed E-state index contributed by atoms with van der Waals surface area (Å²) < 4.78 is 0. The zero-order valence-electron chi connectivity index (χ0n) is 17.2. The number of hydrogen-bond donors (Lipinski definition) is 1. The highest BCUT2D eigenvalue weighted by Gasteiger charge is 2.09.